The van der Waals surface area contributed by atoms with Crippen LogP contribution in [0.15, 0.2) is 47.4 Å². The van der Waals surface area contributed by atoms with Crippen LogP contribution in [0.5, 0.6) is 0 Å². The first-order chi connectivity index (χ1) is 12.5. The number of carbonyl (C=O) groups excluding carboxylic acids is 1. The van der Waals surface area contributed by atoms with E-state index >= 15 is 0 Å². The second kappa shape index (κ2) is 8.69. The minimum absolute atomic E-state index is 0.0437. The second-order valence-corrected chi connectivity index (χ2v) is 7.93. The van der Waals surface area contributed by atoms with E-state index < -0.39 is 0 Å². The highest BCUT2D eigenvalue weighted by Crippen LogP contribution is 2.25. The van der Waals surface area contributed by atoms with Crippen molar-refractivity contribution in [1.29, 1.82) is 0 Å². The van der Waals surface area contributed by atoms with Gasteiger partial charge in [0.1, 0.15) is 5.82 Å². The maximum Gasteiger partial charge on any atom is 0.225 e. The van der Waals surface area contributed by atoms with Crippen LogP contribution in [-0.4, -0.2) is 23.9 Å². The Morgan fingerprint density at radius 3 is 2.69 bits per heavy atom. The van der Waals surface area contributed by atoms with Crippen LogP contribution >= 0.6 is 11.9 Å². The van der Waals surface area contributed by atoms with Gasteiger partial charge in [-0.15, -0.1) is 0 Å². The number of hydrogen-bond acceptors (Lipinski definition) is 3. The lowest BCUT2D eigenvalue weighted by Gasteiger charge is -2.30. The van der Waals surface area contributed by atoms with E-state index in [1.54, 1.807) is 11.9 Å². The van der Waals surface area contributed by atoms with Gasteiger partial charge < -0.3 is 4.90 Å². The molecule has 0 spiro atoms. The fraction of sp³-hybridized carbons (Fsp3) is 0.381. The van der Waals surface area contributed by atoms with Gasteiger partial charge in [0.2, 0.25) is 5.91 Å². The number of amides is 1. The van der Waals surface area contributed by atoms with Crippen LogP contribution in [0.1, 0.15) is 30.5 Å². The Morgan fingerprint density at radius 2 is 1.96 bits per heavy atom. The van der Waals surface area contributed by atoms with Gasteiger partial charge in [-0.25, -0.2) is 4.39 Å². The zero-order valence-corrected chi connectivity index (χ0v) is 16.1. The van der Waals surface area contributed by atoms with Gasteiger partial charge >= 0.3 is 0 Å². The summed E-state index contributed by atoms with van der Waals surface area (Å²) in [6, 6.07) is 13.1. The first-order valence-corrected chi connectivity index (χ1v) is 9.89. The third kappa shape index (κ3) is 4.86. The maximum atomic E-state index is 12.9. The summed E-state index contributed by atoms with van der Waals surface area (Å²) >= 11 is 1.60. The fourth-order valence-electron chi connectivity index (χ4n) is 3.13. The second-order valence-electron chi connectivity index (χ2n) is 6.97. The molecule has 1 N–H and O–H groups in total. The Labute approximate surface area is 159 Å². The molecule has 2 aromatic rings. The van der Waals surface area contributed by atoms with Crippen LogP contribution in [0.4, 0.5) is 4.39 Å². The molecular weight excluding hydrogens is 347 g/mol. The molecule has 1 heterocycles. The van der Waals surface area contributed by atoms with Crippen molar-refractivity contribution in [2.45, 2.75) is 38.1 Å². The molecule has 2 aromatic carbocycles. The molecule has 3 rings (SSSR count). The Kier molecular flexibility index (Phi) is 6.33. The number of rotatable bonds is 6. The SMILES string of the molecule is CC(C)C(=O)N1CCc2ccc(SNCCc3ccc(F)cc3)cc2C1. The van der Waals surface area contributed by atoms with Crippen molar-refractivity contribution in [3.05, 3.63) is 65.0 Å². The van der Waals surface area contributed by atoms with Crippen LogP contribution in [0.25, 0.3) is 0 Å². The molecule has 0 saturated heterocycles. The minimum Gasteiger partial charge on any atom is -0.338 e. The third-order valence-corrected chi connectivity index (χ3v) is 5.45. The van der Waals surface area contributed by atoms with Crippen molar-refractivity contribution in [3.63, 3.8) is 0 Å². The van der Waals surface area contributed by atoms with Gasteiger partial charge in [0.25, 0.3) is 0 Å². The largest absolute Gasteiger partial charge is 0.338 e. The van der Waals surface area contributed by atoms with Crippen LogP contribution in [0.2, 0.25) is 0 Å². The molecule has 0 unspecified atom stereocenters. The summed E-state index contributed by atoms with van der Waals surface area (Å²) in [7, 11) is 0. The highest BCUT2D eigenvalue weighted by Gasteiger charge is 2.22. The van der Waals surface area contributed by atoms with Gasteiger partial charge in [-0.1, -0.05) is 32.0 Å². The van der Waals surface area contributed by atoms with E-state index in [9.17, 15) is 9.18 Å². The minimum atomic E-state index is -0.199. The standard InChI is InChI=1S/C21H25FN2OS/c1-15(2)21(25)24-12-10-17-5-8-20(13-18(17)14-24)26-23-11-9-16-3-6-19(22)7-4-16/h3-8,13,15,23H,9-12,14H2,1-2H3. The monoisotopic (exact) mass is 372 g/mol. The molecular formula is C21H25FN2OS. The van der Waals surface area contributed by atoms with Crippen molar-refractivity contribution in [2.75, 3.05) is 13.1 Å². The smallest absolute Gasteiger partial charge is 0.225 e. The fourth-order valence-corrected chi connectivity index (χ4v) is 3.84. The summed E-state index contributed by atoms with van der Waals surface area (Å²) in [4.78, 5) is 15.4. The highest BCUT2D eigenvalue weighted by molar-refractivity contribution is 7.97. The zero-order chi connectivity index (χ0) is 18.5. The van der Waals surface area contributed by atoms with Crippen molar-refractivity contribution in [1.82, 2.24) is 9.62 Å². The van der Waals surface area contributed by atoms with Gasteiger partial charge in [0.15, 0.2) is 0 Å². The molecule has 1 aliphatic heterocycles. The zero-order valence-electron chi connectivity index (χ0n) is 15.3. The van der Waals surface area contributed by atoms with Crippen LogP contribution in [0.3, 0.4) is 0 Å². The molecule has 0 radical (unpaired) electrons. The van der Waals surface area contributed by atoms with Gasteiger partial charge in [-0.05, 0) is 65.7 Å². The topological polar surface area (TPSA) is 32.3 Å². The summed E-state index contributed by atoms with van der Waals surface area (Å²) in [6.07, 6.45) is 1.78. The summed E-state index contributed by atoms with van der Waals surface area (Å²) < 4.78 is 16.3. The van der Waals surface area contributed by atoms with E-state index in [0.29, 0.717) is 6.54 Å². The molecule has 0 aliphatic carbocycles. The molecule has 138 valence electrons. The first kappa shape index (κ1) is 18.9. The molecule has 5 heteroatoms. The molecule has 0 saturated carbocycles. The molecule has 3 nitrogen and oxygen atoms in total. The molecule has 0 aromatic heterocycles. The van der Waals surface area contributed by atoms with Crippen LogP contribution < -0.4 is 4.72 Å². The lowest BCUT2D eigenvalue weighted by Crippen LogP contribution is -2.38. The Bertz CT molecular complexity index is 761. The molecule has 1 amide bonds. The van der Waals surface area contributed by atoms with Crippen LogP contribution in [0, 0.1) is 11.7 Å². The number of nitrogens with one attached hydrogen (secondary N) is 1. The number of halogens is 1. The van der Waals surface area contributed by atoms with Crippen molar-refractivity contribution in [3.8, 4) is 0 Å². The highest BCUT2D eigenvalue weighted by atomic mass is 32.2. The number of benzene rings is 2. The lowest BCUT2D eigenvalue weighted by molar-refractivity contribution is -0.135. The van der Waals surface area contributed by atoms with E-state index in [-0.39, 0.29) is 17.6 Å². The predicted octanol–water partition coefficient (Wildman–Crippen LogP) is 4.21. The predicted molar refractivity (Wildman–Crippen MR) is 104 cm³/mol. The van der Waals surface area contributed by atoms with Gasteiger partial charge in [0, 0.05) is 30.4 Å². The molecule has 26 heavy (non-hydrogen) atoms. The number of carbonyl (C=O) groups is 1. The average Bonchev–Trinajstić information content (AvgIpc) is 2.65. The van der Waals surface area contributed by atoms with E-state index in [1.165, 1.54) is 23.3 Å². The van der Waals surface area contributed by atoms with Crippen LogP contribution in [-0.2, 0) is 24.2 Å². The summed E-state index contributed by atoms with van der Waals surface area (Å²) in [5.41, 5.74) is 3.71. The third-order valence-electron chi connectivity index (χ3n) is 4.61. The summed E-state index contributed by atoms with van der Waals surface area (Å²) in [5.74, 6) is 0.0727. The lowest BCUT2D eigenvalue weighted by atomic mass is 9.99. The van der Waals surface area contributed by atoms with E-state index in [1.807, 2.05) is 30.9 Å². The molecule has 0 bridgehead atoms. The Balaban J connectivity index is 1.53. The van der Waals surface area contributed by atoms with E-state index in [2.05, 4.69) is 22.9 Å². The Morgan fingerprint density at radius 1 is 1.19 bits per heavy atom. The quantitative estimate of drug-likeness (QED) is 0.609. The average molecular weight is 373 g/mol. The van der Waals surface area contributed by atoms with Crippen molar-refractivity contribution in [2.24, 2.45) is 5.92 Å². The number of nitrogens with zero attached hydrogens (tertiary/aromatic N) is 1. The number of hydrogen-bond donors (Lipinski definition) is 1. The molecule has 0 fully saturated rings. The number of fused-ring (bicyclic) bond motifs is 1. The first-order valence-electron chi connectivity index (χ1n) is 9.07. The summed E-state index contributed by atoms with van der Waals surface area (Å²) in [5, 5.41) is 0. The van der Waals surface area contributed by atoms with E-state index in [4.69, 9.17) is 0 Å². The van der Waals surface area contributed by atoms with Crippen molar-refractivity contribution < 1.29 is 9.18 Å². The van der Waals surface area contributed by atoms with E-state index in [0.717, 1.165) is 36.4 Å². The molecule has 0 atom stereocenters. The summed E-state index contributed by atoms with van der Waals surface area (Å²) in [6.45, 7) is 6.23. The normalized spacial score (nSPS) is 13.8. The van der Waals surface area contributed by atoms with Gasteiger partial charge in [-0.2, -0.15) is 0 Å². The Hall–Kier alpha value is -1.85. The van der Waals surface area contributed by atoms with Gasteiger partial charge in [-0.3, -0.25) is 9.52 Å². The molecule has 1 aliphatic rings. The van der Waals surface area contributed by atoms with Gasteiger partial charge in [0.05, 0.1) is 0 Å². The maximum absolute atomic E-state index is 12.9. The van der Waals surface area contributed by atoms with Crippen molar-refractivity contribution >= 4 is 17.9 Å².